The van der Waals surface area contributed by atoms with Crippen LogP contribution in [0.5, 0.6) is 0 Å². The molecule has 124 valence electrons. The number of hydrogen-bond donors (Lipinski definition) is 1. The van der Waals surface area contributed by atoms with E-state index in [9.17, 15) is 9.59 Å². The van der Waals surface area contributed by atoms with E-state index < -0.39 is 5.41 Å². The number of amides is 1. The molecule has 0 radical (unpaired) electrons. The van der Waals surface area contributed by atoms with E-state index in [-0.39, 0.29) is 24.3 Å². The zero-order valence-corrected chi connectivity index (χ0v) is 13.9. The van der Waals surface area contributed by atoms with Crippen LogP contribution in [-0.2, 0) is 4.79 Å². The number of pyridine rings is 1. The molecular weight excluding hydrogens is 290 g/mol. The summed E-state index contributed by atoms with van der Waals surface area (Å²) in [6, 6.07) is 3.43. The highest BCUT2D eigenvalue weighted by molar-refractivity contribution is 6.00. The van der Waals surface area contributed by atoms with Crippen LogP contribution in [0.25, 0.3) is 0 Å². The summed E-state index contributed by atoms with van der Waals surface area (Å²) in [6.07, 6.45) is 9.10. The third-order valence-corrected chi connectivity index (χ3v) is 5.71. The van der Waals surface area contributed by atoms with Gasteiger partial charge in [0.1, 0.15) is 6.54 Å². The second kappa shape index (κ2) is 6.40. The molecule has 1 aromatic rings. The summed E-state index contributed by atoms with van der Waals surface area (Å²) in [7, 11) is 0. The fourth-order valence-corrected chi connectivity index (χ4v) is 4.02. The fraction of sp³-hybridized carbons (Fsp3) is 0.611. The molecule has 2 unspecified atom stereocenters. The number of carbonyl (C=O) groups excluding carboxylic acids is 2. The molecule has 23 heavy (non-hydrogen) atoms. The van der Waals surface area contributed by atoms with Crippen LogP contribution >= 0.6 is 0 Å². The lowest BCUT2D eigenvalue weighted by molar-refractivity contribution is -0.139. The number of nitrogens with one attached hydrogen (secondary N) is 1. The molecule has 5 nitrogen and oxygen atoms in total. The zero-order valence-electron chi connectivity index (χ0n) is 13.9. The molecule has 1 saturated carbocycles. The van der Waals surface area contributed by atoms with Crippen molar-refractivity contribution in [3.05, 3.63) is 30.1 Å². The van der Waals surface area contributed by atoms with E-state index in [0.717, 1.165) is 12.8 Å². The van der Waals surface area contributed by atoms with Crippen molar-refractivity contribution >= 4 is 11.7 Å². The molecule has 1 N–H and O–H groups in total. The molecule has 1 aliphatic carbocycles. The van der Waals surface area contributed by atoms with Crippen molar-refractivity contribution < 1.29 is 9.59 Å². The molecule has 3 rings (SSSR count). The van der Waals surface area contributed by atoms with Crippen molar-refractivity contribution in [1.82, 2.24) is 15.4 Å². The third kappa shape index (κ3) is 2.90. The summed E-state index contributed by atoms with van der Waals surface area (Å²) >= 11 is 0. The average molecular weight is 315 g/mol. The minimum Gasteiger partial charge on any atom is -0.292 e. The van der Waals surface area contributed by atoms with Crippen molar-refractivity contribution in [2.24, 2.45) is 11.3 Å². The van der Waals surface area contributed by atoms with Gasteiger partial charge in [0, 0.05) is 24.0 Å². The van der Waals surface area contributed by atoms with E-state index in [4.69, 9.17) is 0 Å². The molecule has 2 aliphatic rings. The summed E-state index contributed by atoms with van der Waals surface area (Å²) in [5.74, 6) is 0.417. The number of Topliss-reactive ketones (excluding diaryl/α,β-unsaturated/α-hetero) is 1. The van der Waals surface area contributed by atoms with E-state index in [0.29, 0.717) is 11.5 Å². The van der Waals surface area contributed by atoms with Crippen LogP contribution < -0.4 is 5.43 Å². The van der Waals surface area contributed by atoms with Gasteiger partial charge in [-0.15, -0.1) is 0 Å². The number of ketones is 1. The quantitative estimate of drug-likeness (QED) is 0.868. The maximum atomic E-state index is 13.0. The Kier molecular flexibility index (Phi) is 4.48. The highest BCUT2D eigenvalue weighted by Crippen LogP contribution is 2.44. The monoisotopic (exact) mass is 315 g/mol. The van der Waals surface area contributed by atoms with Gasteiger partial charge in [-0.2, -0.15) is 0 Å². The smallest absolute Gasteiger partial charge is 0.244 e. The summed E-state index contributed by atoms with van der Waals surface area (Å²) in [5, 5.41) is 1.53. The third-order valence-electron chi connectivity index (χ3n) is 5.71. The molecule has 1 amide bonds. The Bertz CT molecular complexity index is 583. The number of rotatable bonds is 4. The minimum atomic E-state index is -0.404. The molecule has 0 aromatic carbocycles. The van der Waals surface area contributed by atoms with E-state index in [1.54, 1.807) is 24.5 Å². The van der Waals surface area contributed by atoms with Crippen molar-refractivity contribution in [2.75, 3.05) is 6.54 Å². The van der Waals surface area contributed by atoms with Gasteiger partial charge < -0.3 is 0 Å². The Morgan fingerprint density at radius 2 is 1.96 bits per heavy atom. The molecule has 1 saturated heterocycles. The Hall–Kier alpha value is -1.75. The van der Waals surface area contributed by atoms with Gasteiger partial charge in [0.25, 0.3) is 0 Å². The number of hydrazine groups is 1. The Labute approximate surface area is 137 Å². The first kappa shape index (κ1) is 16.1. The number of aromatic nitrogens is 1. The van der Waals surface area contributed by atoms with Crippen LogP contribution in [0.2, 0.25) is 0 Å². The van der Waals surface area contributed by atoms with Gasteiger partial charge in [-0.05, 0) is 44.7 Å². The van der Waals surface area contributed by atoms with Gasteiger partial charge >= 0.3 is 0 Å². The van der Waals surface area contributed by atoms with Crippen molar-refractivity contribution in [1.29, 1.82) is 0 Å². The summed E-state index contributed by atoms with van der Waals surface area (Å²) < 4.78 is 0. The van der Waals surface area contributed by atoms with Gasteiger partial charge in [0.15, 0.2) is 5.78 Å². The highest BCUT2D eigenvalue weighted by Gasteiger charge is 2.53. The van der Waals surface area contributed by atoms with Crippen LogP contribution in [0.3, 0.4) is 0 Å². The summed E-state index contributed by atoms with van der Waals surface area (Å²) in [5.41, 5.74) is 3.43. The maximum absolute atomic E-state index is 13.0. The lowest BCUT2D eigenvalue weighted by Crippen LogP contribution is -2.43. The first-order valence-electron chi connectivity index (χ1n) is 8.55. The van der Waals surface area contributed by atoms with Crippen LogP contribution in [0, 0.1) is 11.3 Å². The maximum Gasteiger partial charge on any atom is 0.244 e. The second-order valence-corrected chi connectivity index (χ2v) is 7.02. The van der Waals surface area contributed by atoms with Crippen molar-refractivity contribution in [3.63, 3.8) is 0 Å². The first-order valence-corrected chi connectivity index (χ1v) is 8.55. The van der Waals surface area contributed by atoms with Gasteiger partial charge in [-0.25, -0.2) is 5.43 Å². The van der Waals surface area contributed by atoms with Gasteiger partial charge in [0.05, 0.1) is 5.41 Å². The standard InChI is InChI=1S/C18H25N3O2/c1-13-18(2,15-6-4-3-5-7-15)17(23)21(20-13)12-16(22)14-8-10-19-11-9-14/h8-11,13,15,20H,3-7,12H2,1-2H3. The van der Waals surface area contributed by atoms with Crippen LogP contribution in [-0.4, -0.2) is 34.3 Å². The predicted octanol–water partition coefficient (Wildman–Crippen LogP) is 2.59. The van der Waals surface area contributed by atoms with Crippen molar-refractivity contribution in [2.45, 2.75) is 52.0 Å². The fourth-order valence-electron chi connectivity index (χ4n) is 4.02. The number of carbonyl (C=O) groups is 2. The molecule has 0 spiro atoms. The SMILES string of the molecule is CC1NN(CC(=O)c2ccncc2)C(=O)C1(C)C1CCCCC1. The summed E-state index contributed by atoms with van der Waals surface area (Å²) in [6.45, 7) is 4.21. The van der Waals surface area contributed by atoms with E-state index in [2.05, 4.69) is 24.3 Å². The van der Waals surface area contributed by atoms with Crippen LogP contribution in [0.1, 0.15) is 56.3 Å². The second-order valence-electron chi connectivity index (χ2n) is 7.02. The lowest BCUT2D eigenvalue weighted by Gasteiger charge is -2.37. The highest BCUT2D eigenvalue weighted by atomic mass is 16.2. The topological polar surface area (TPSA) is 62.3 Å². The lowest BCUT2D eigenvalue weighted by atomic mass is 9.66. The van der Waals surface area contributed by atoms with Gasteiger partial charge in [-0.1, -0.05) is 19.3 Å². The van der Waals surface area contributed by atoms with Gasteiger partial charge in [-0.3, -0.25) is 19.6 Å². The molecular formula is C18H25N3O2. The van der Waals surface area contributed by atoms with E-state index in [1.165, 1.54) is 24.3 Å². The van der Waals surface area contributed by atoms with E-state index in [1.807, 2.05) is 0 Å². The molecule has 0 bridgehead atoms. The molecule has 2 fully saturated rings. The number of nitrogens with zero attached hydrogens (tertiary/aromatic N) is 2. The molecule has 2 heterocycles. The minimum absolute atomic E-state index is 0.0586. The first-order chi connectivity index (χ1) is 11.0. The Morgan fingerprint density at radius 1 is 1.30 bits per heavy atom. The largest absolute Gasteiger partial charge is 0.292 e. The predicted molar refractivity (Wildman–Crippen MR) is 87.6 cm³/mol. The normalized spacial score (nSPS) is 29.0. The Balaban J connectivity index is 1.73. The summed E-state index contributed by atoms with van der Waals surface area (Å²) in [4.78, 5) is 29.3. The zero-order chi connectivity index (χ0) is 16.4. The van der Waals surface area contributed by atoms with Gasteiger partial charge in [0.2, 0.25) is 5.91 Å². The Morgan fingerprint density at radius 3 is 2.61 bits per heavy atom. The molecule has 1 aromatic heterocycles. The molecule has 2 atom stereocenters. The van der Waals surface area contributed by atoms with Crippen LogP contribution in [0.15, 0.2) is 24.5 Å². The van der Waals surface area contributed by atoms with Crippen LogP contribution in [0.4, 0.5) is 0 Å². The van der Waals surface area contributed by atoms with Crippen molar-refractivity contribution in [3.8, 4) is 0 Å². The molecule has 5 heteroatoms. The molecule has 1 aliphatic heterocycles. The number of hydrogen-bond acceptors (Lipinski definition) is 4. The average Bonchev–Trinajstić information content (AvgIpc) is 2.81. The van der Waals surface area contributed by atoms with E-state index >= 15 is 0 Å².